The van der Waals surface area contributed by atoms with E-state index in [1.54, 1.807) is 0 Å². The van der Waals surface area contributed by atoms with Crippen LogP contribution in [0.5, 0.6) is 0 Å². The molecule has 3 rings (SSSR count). The Morgan fingerprint density at radius 2 is 1.95 bits per heavy atom. The van der Waals surface area contributed by atoms with Crippen molar-refractivity contribution in [2.75, 3.05) is 0 Å². The highest BCUT2D eigenvalue weighted by Crippen LogP contribution is 2.33. The summed E-state index contributed by atoms with van der Waals surface area (Å²) in [6, 6.07) is 8.53. The highest BCUT2D eigenvalue weighted by molar-refractivity contribution is 9.10. The van der Waals surface area contributed by atoms with Gasteiger partial charge in [-0.3, -0.25) is 0 Å². The third kappa shape index (κ3) is 2.67. The zero-order valence-corrected chi connectivity index (χ0v) is 14.2. The maximum Gasteiger partial charge on any atom is 0.106 e. The number of benzene rings is 1. The lowest BCUT2D eigenvalue weighted by Gasteiger charge is -2.28. The molecule has 0 saturated carbocycles. The first-order chi connectivity index (χ1) is 10.1. The van der Waals surface area contributed by atoms with Crippen molar-refractivity contribution in [2.24, 2.45) is 5.73 Å². The fourth-order valence-electron chi connectivity index (χ4n) is 3.44. The summed E-state index contributed by atoms with van der Waals surface area (Å²) in [5, 5.41) is 0. The van der Waals surface area contributed by atoms with Crippen LogP contribution in [0.2, 0.25) is 0 Å². The maximum absolute atomic E-state index is 6.36. The molecule has 2 unspecified atom stereocenters. The van der Waals surface area contributed by atoms with Gasteiger partial charge in [0.1, 0.15) is 5.82 Å². The van der Waals surface area contributed by atoms with Gasteiger partial charge < -0.3 is 10.3 Å². The molecule has 1 aliphatic rings. The number of fused-ring (bicyclic) bond motifs is 1. The fraction of sp³-hybridized carbons (Fsp3) is 0.471. The molecule has 1 aliphatic carbocycles. The molecule has 0 saturated heterocycles. The van der Waals surface area contributed by atoms with Crippen LogP contribution in [0.4, 0.5) is 0 Å². The quantitative estimate of drug-likeness (QED) is 0.918. The monoisotopic (exact) mass is 347 g/mol. The van der Waals surface area contributed by atoms with Gasteiger partial charge in [-0.1, -0.05) is 34.1 Å². The van der Waals surface area contributed by atoms with Crippen LogP contribution in [0.1, 0.15) is 48.6 Å². The van der Waals surface area contributed by atoms with E-state index in [2.05, 4.69) is 52.5 Å². The molecule has 2 atom stereocenters. The molecule has 2 aromatic rings. The van der Waals surface area contributed by atoms with Gasteiger partial charge in [0.05, 0.1) is 11.7 Å². The lowest BCUT2D eigenvalue weighted by atomic mass is 9.97. The van der Waals surface area contributed by atoms with Crippen LogP contribution in [0.15, 0.2) is 28.7 Å². The second kappa shape index (κ2) is 5.93. The van der Waals surface area contributed by atoms with E-state index < -0.39 is 0 Å². The van der Waals surface area contributed by atoms with Gasteiger partial charge in [0, 0.05) is 16.2 Å². The van der Waals surface area contributed by atoms with Gasteiger partial charge in [-0.2, -0.15) is 0 Å². The van der Waals surface area contributed by atoms with Crippen molar-refractivity contribution in [3.8, 4) is 0 Å². The third-order valence-electron chi connectivity index (χ3n) is 4.35. The zero-order valence-electron chi connectivity index (χ0n) is 12.6. The average molecular weight is 348 g/mol. The maximum atomic E-state index is 6.36. The number of nitrogens with zero attached hydrogens (tertiary/aromatic N) is 2. The summed E-state index contributed by atoms with van der Waals surface area (Å²) in [6.45, 7) is 4.18. The first-order valence-electron chi connectivity index (χ1n) is 7.66. The largest absolute Gasteiger partial charge is 0.326 e. The molecule has 0 amide bonds. The molecule has 1 heterocycles. The molecule has 1 aromatic carbocycles. The summed E-state index contributed by atoms with van der Waals surface area (Å²) >= 11 is 3.68. The third-order valence-corrected chi connectivity index (χ3v) is 5.07. The molecular formula is C17H22BrN3. The summed E-state index contributed by atoms with van der Waals surface area (Å²) in [4.78, 5) is 4.80. The Labute approximate surface area is 134 Å². The van der Waals surface area contributed by atoms with Gasteiger partial charge in [-0.15, -0.1) is 0 Å². The highest BCUT2D eigenvalue weighted by atomic mass is 79.9. The highest BCUT2D eigenvalue weighted by Gasteiger charge is 2.27. The van der Waals surface area contributed by atoms with Crippen LogP contribution in [0.3, 0.4) is 0 Å². The molecule has 0 aliphatic heterocycles. The van der Waals surface area contributed by atoms with Crippen molar-refractivity contribution < 1.29 is 0 Å². The van der Waals surface area contributed by atoms with Crippen molar-refractivity contribution in [1.82, 2.24) is 9.55 Å². The number of aryl methyl sites for hydroxylation is 2. The molecule has 2 N–H and O–H groups in total. The van der Waals surface area contributed by atoms with Crippen LogP contribution in [0, 0.1) is 6.92 Å². The van der Waals surface area contributed by atoms with E-state index in [0.717, 1.165) is 23.1 Å². The summed E-state index contributed by atoms with van der Waals surface area (Å²) in [6.07, 6.45) is 4.72. The SMILES string of the molecule is Cc1nc2c(n1C(c1ccccc1Br)C(C)N)CCCC2. The lowest BCUT2D eigenvalue weighted by Crippen LogP contribution is -2.32. The van der Waals surface area contributed by atoms with E-state index in [0.29, 0.717) is 0 Å². The lowest BCUT2D eigenvalue weighted by molar-refractivity contribution is 0.464. The summed E-state index contributed by atoms with van der Waals surface area (Å²) in [5.41, 5.74) is 10.3. The van der Waals surface area contributed by atoms with Gasteiger partial charge in [-0.25, -0.2) is 4.98 Å². The van der Waals surface area contributed by atoms with E-state index in [-0.39, 0.29) is 12.1 Å². The predicted octanol–water partition coefficient (Wildman–Crippen LogP) is 3.77. The Morgan fingerprint density at radius 3 is 2.67 bits per heavy atom. The van der Waals surface area contributed by atoms with Crippen molar-refractivity contribution in [3.63, 3.8) is 0 Å². The molecule has 1 aromatic heterocycles. The second-order valence-corrected chi connectivity index (χ2v) is 6.81. The standard InChI is InChI=1S/C17H22BrN3/c1-11(19)17(13-7-3-4-8-14(13)18)21-12(2)20-15-9-5-6-10-16(15)21/h3-4,7-8,11,17H,5-6,9-10,19H2,1-2H3. The van der Waals surface area contributed by atoms with Crippen LogP contribution < -0.4 is 5.73 Å². The number of halogens is 1. The molecule has 0 spiro atoms. The molecule has 112 valence electrons. The Bertz CT molecular complexity index is 645. The molecule has 21 heavy (non-hydrogen) atoms. The van der Waals surface area contributed by atoms with Crippen LogP contribution >= 0.6 is 15.9 Å². The topological polar surface area (TPSA) is 43.8 Å². The van der Waals surface area contributed by atoms with E-state index in [9.17, 15) is 0 Å². The van der Waals surface area contributed by atoms with Crippen LogP contribution in [-0.2, 0) is 12.8 Å². The molecule has 4 heteroatoms. The predicted molar refractivity (Wildman–Crippen MR) is 89.5 cm³/mol. The van der Waals surface area contributed by atoms with Crippen molar-refractivity contribution >= 4 is 15.9 Å². The fourth-order valence-corrected chi connectivity index (χ4v) is 3.96. The Kier molecular flexibility index (Phi) is 4.18. The number of imidazole rings is 1. The normalized spacial score (nSPS) is 17.3. The first kappa shape index (κ1) is 14.8. The number of nitrogens with two attached hydrogens (primary N) is 1. The van der Waals surface area contributed by atoms with Crippen molar-refractivity contribution in [1.29, 1.82) is 0 Å². The summed E-state index contributed by atoms with van der Waals surface area (Å²) in [5.74, 6) is 1.08. The van der Waals surface area contributed by atoms with E-state index in [1.165, 1.54) is 29.8 Å². The molecule has 0 radical (unpaired) electrons. The first-order valence-corrected chi connectivity index (χ1v) is 8.45. The van der Waals surface area contributed by atoms with E-state index >= 15 is 0 Å². The smallest absolute Gasteiger partial charge is 0.106 e. The van der Waals surface area contributed by atoms with Gasteiger partial charge in [0.2, 0.25) is 0 Å². The zero-order chi connectivity index (χ0) is 15.0. The molecule has 3 nitrogen and oxygen atoms in total. The van der Waals surface area contributed by atoms with Crippen molar-refractivity contribution in [2.45, 2.75) is 51.6 Å². The molecule has 0 fully saturated rings. The second-order valence-electron chi connectivity index (χ2n) is 5.95. The van der Waals surface area contributed by atoms with Crippen LogP contribution in [0.25, 0.3) is 0 Å². The number of rotatable bonds is 3. The van der Waals surface area contributed by atoms with Crippen LogP contribution in [-0.4, -0.2) is 15.6 Å². The number of hydrogen-bond donors (Lipinski definition) is 1. The number of hydrogen-bond acceptors (Lipinski definition) is 2. The minimum atomic E-state index is 0.0302. The Balaban J connectivity index is 2.15. The molecule has 0 bridgehead atoms. The average Bonchev–Trinajstić information content (AvgIpc) is 2.78. The molecular weight excluding hydrogens is 326 g/mol. The summed E-state index contributed by atoms with van der Waals surface area (Å²) in [7, 11) is 0. The minimum absolute atomic E-state index is 0.0302. The van der Waals surface area contributed by atoms with Gasteiger partial charge in [0.15, 0.2) is 0 Å². The van der Waals surface area contributed by atoms with Crippen molar-refractivity contribution in [3.05, 3.63) is 51.5 Å². The summed E-state index contributed by atoms with van der Waals surface area (Å²) < 4.78 is 3.49. The Hall–Kier alpha value is -1.13. The van der Waals surface area contributed by atoms with E-state index in [4.69, 9.17) is 10.7 Å². The Morgan fingerprint density at radius 1 is 1.24 bits per heavy atom. The van der Waals surface area contributed by atoms with E-state index in [1.807, 2.05) is 6.07 Å². The number of aromatic nitrogens is 2. The van der Waals surface area contributed by atoms with Gasteiger partial charge in [-0.05, 0) is 51.2 Å². The minimum Gasteiger partial charge on any atom is -0.326 e. The van der Waals surface area contributed by atoms with Gasteiger partial charge in [0.25, 0.3) is 0 Å². The van der Waals surface area contributed by atoms with Gasteiger partial charge >= 0.3 is 0 Å².